The molecule has 0 aliphatic rings. The Hall–Kier alpha value is -3.94. The monoisotopic (exact) mass is 348 g/mol. The number of benzene rings is 2. The van der Waals surface area contributed by atoms with Crippen molar-refractivity contribution in [1.82, 2.24) is 9.97 Å². The van der Waals surface area contributed by atoms with Crippen LogP contribution in [0.2, 0.25) is 0 Å². The normalized spacial score (nSPS) is 10.6. The van der Waals surface area contributed by atoms with Gasteiger partial charge in [0.1, 0.15) is 18.0 Å². The van der Waals surface area contributed by atoms with E-state index in [1.54, 1.807) is 36.4 Å². The highest BCUT2D eigenvalue weighted by molar-refractivity contribution is 6.04. The number of nitrogen functional groups attached to an aromatic ring is 1. The Balaban J connectivity index is 1.73. The molecule has 0 atom stereocenters. The van der Waals surface area contributed by atoms with Crippen LogP contribution >= 0.6 is 0 Å². The molecule has 2 aromatic carbocycles. The van der Waals surface area contributed by atoms with Gasteiger partial charge in [-0.25, -0.2) is 9.97 Å². The van der Waals surface area contributed by atoms with E-state index in [4.69, 9.17) is 10.9 Å². The van der Waals surface area contributed by atoms with Gasteiger partial charge < -0.3 is 21.6 Å². The third-order valence-corrected chi connectivity index (χ3v) is 3.54. The summed E-state index contributed by atoms with van der Waals surface area (Å²) in [7, 11) is 0. The first-order valence-corrected chi connectivity index (χ1v) is 7.69. The van der Waals surface area contributed by atoms with Gasteiger partial charge in [0.05, 0.1) is 11.8 Å². The van der Waals surface area contributed by atoms with Crippen molar-refractivity contribution in [1.29, 1.82) is 0 Å². The van der Waals surface area contributed by atoms with E-state index in [2.05, 4.69) is 25.8 Å². The molecule has 26 heavy (non-hydrogen) atoms. The average Bonchev–Trinajstić information content (AvgIpc) is 2.67. The summed E-state index contributed by atoms with van der Waals surface area (Å²) in [6.45, 7) is 0. The number of nitrogens with zero attached hydrogens (tertiary/aromatic N) is 3. The van der Waals surface area contributed by atoms with E-state index in [9.17, 15) is 4.79 Å². The molecule has 0 aliphatic heterocycles. The van der Waals surface area contributed by atoms with Crippen molar-refractivity contribution >= 4 is 35.1 Å². The molecule has 0 saturated heterocycles. The summed E-state index contributed by atoms with van der Waals surface area (Å²) in [5.74, 6) is 0.403. The summed E-state index contributed by atoms with van der Waals surface area (Å²) in [6, 6.07) is 16.0. The molecule has 1 aromatic heterocycles. The van der Waals surface area contributed by atoms with E-state index in [1.807, 2.05) is 18.2 Å². The van der Waals surface area contributed by atoms with Gasteiger partial charge in [-0.2, -0.15) is 0 Å². The SMILES string of the molecule is Nc1ncnc(Nc2ccc(NC(=O)c3ccccc3)cc2)c1C=NO. The van der Waals surface area contributed by atoms with Crippen LogP contribution in [0, 0.1) is 0 Å². The molecule has 0 unspecified atom stereocenters. The number of amides is 1. The van der Waals surface area contributed by atoms with E-state index in [0.717, 1.165) is 6.21 Å². The second kappa shape index (κ2) is 7.75. The number of nitrogens with two attached hydrogens (primary N) is 1. The molecular weight excluding hydrogens is 332 g/mol. The van der Waals surface area contributed by atoms with Crippen LogP contribution in [0.3, 0.4) is 0 Å². The Kier molecular flexibility index (Phi) is 5.04. The molecule has 0 aliphatic carbocycles. The van der Waals surface area contributed by atoms with Crippen molar-refractivity contribution in [2.75, 3.05) is 16.4 Å². The zero-order chi connectivity index (χ0) is 18.4. The molecule has 0 saturated carbocycles. The van der Waals surface area contributed by atoms with Crippen molar-refractivity contribution in [3.05, 3.63) is 72.1 Å². The number of hydrogen-bond donors (Lipinski definition) is 4. The Morgan fingerprint density at radius 3 is 2.42 bits per heavy atom. The van der Waals surface area contributed by atoms with E-state index in [-0.39, 0.29) is 11.7 Å². The Morgan fingerprint density at radius 1 is 1.04 bits per heavy atom. The topological polar surface area (TPSA) is 126 Å². The summed E-state index contributed by atoms with van der Waals surface area (Å²) in [5.41, 5.74) is 8.08. The van der Waals surface area contributed by atoms with Gasteiger partial charge in [-0.15, -0.1) is 0 Å². The number of rotatable bonds is 5. The van der Waals surface area contributed by atoms with Crippen molar-refractivity contribution in [3.8, 4) is 0 Å². The van der Waals surface area contributed by atoms with Gasteiger partial charge in [0.2, 0.25) is 0 Å². The van der Waals surface area contributed by atoms with E-state index >= 15 is 0 Å². The average molecular weight is 348 g/mol. The molecule has 8 heteroatoms. The molecule has 0 radical (unpaired) electrons. The Morgan fingerprint density at radius 2 is 1.73 bits per heavy atom. The first-order valence-electron chi connectivity index (χ1n) is 7.69. The van der Waals surface area contributed by atoms with Crippen LogP contribution in [0.5, 0.6) is 0 Å². The van der Waals surface area contributed by atoms with E-state index < -0.39 is 0 Å². The Labute approximate surface area is 149 Å². The fraction of sp³-hybridized carbons (Fsp3) is 0. The van der Waals surface area contributed by atoms with Crippen LogP contribution in [0.25, 0.3) is 0 Å². The number of hydrogen-bond acceptors (Lipinski definition) is 7. The molecule has 1 heterocycles. The van der Waals surface area contributed by atoms with Crippen LogP contribution in [-0.4, -0.2) is 27.3 Å². The molecule has 3 rings (SSSR count). The zero-order valence-corrected chi connectivity index (χ0v) is 13.6. The highest BCUT2D eigenvalue weighted by Gasteiger charge is 2.09. The lowest BCUT2D eigenvalue weighted by atomic mass is 10.2. The van der Waals surface area contributed by atoms with Gasteiger partial charge in [0, 0.05) is 16.9 Å². The van der Waals surface area contributed by atoms with Crippen molar-refractivity contribution in [3.63, 3.8) is 0 Å². The van der Waals surface area contributed by atoms with Gasteiger partial charge in [0.15, 0.2) is 0 Å². The smallest absolute Gasteiger partial charge is 0.255 e. The standard InChI is InChI=1S/C18H16N6O2/c19-16-15(10-22-26)17(21-11-20-16)23-13-6-8-14(9-7-13)24-18(25)12-4-2-1-3-5-12/h1-11,26H,(H,24,25)(H3,19,20,21,23). The van der Waals surface area contributed by atoms with Gasteiger partial charge in [-0.3, -0.25) is 4.79 Å². The maximum atomic E-state index is 12.1. The van der Waals surface area contributed by atoms with Crippen LogP contribution < -0.4 is 16.4 Å². The second-order valence-electron chi connectivity index (χ2n) is 5.29. The molecular formula is C18H16N6O2. The first-order chi connectivity index (χ1) is 12.7. The van der Waals surface area contributed by atoms with Crippen LogP contribution in [-0.2, 0) is 0 Å². The minimum absolute atomic E-state index is 0.184. The highest BCUT2D eigenvalue weighted by atomic mass is 16.4. The molecule has 8 nitrogen and oxygen atoms in total. The van der Waals surface area contributed by atoms with Crippen LogP contribution in [0.15, 0.2) is 66.1 Å². The van der Waals surface area contributed by atoms with Gasteiger partial charge >= 0.3 is 0 Å². The van der Waals surface area contributed by atoms with E-state index in [1.165, 1.54) is 6.33 Å². The van der Waals surface area contributed by atoms with E-state index in [0.29, 0.717) is 28.3 Å². The number of carbonyl (C=O) groups excluding carboxylic acids is 1. The van der Waals surface area contributed by atoms with Gasteiger partial charge in [-0.1, -0.05) is 23.4 Å². The van der Waals surface area contributed by atoms with Crippen LogP contribution in [0.1, 0.15) is 15.9 Å². The lowest BCUT2D eigenvalue weighted by Crippen LogP contribution is -2.11. The van der Waals surface area contributed by atoms with Crippen molar-refractivity contribution in [2.45, 2.75) is 0 Å². The highest BCUT2D eigenvalue weighted by Crippen LogP contribution is 2.22. The maximum absolute atomic E-state index is 12.1. The zero-order valence-electron chi connectivity index (χ0n) is 13.6. The van der Waals surface area contributed by atoms with Crippen molar-refractivity contribution in [2.24, 2.45) is 5.16 Å². The molecule has 5 N–H and O–H groups in total. The predicted octanol–water partition coefficient (Wildman–Crippen LogP) is 2.86. The van der Waals surface area contributed by atoms with Crippen molar-refractivity contribution < 1.29 is 10.0 Å². The lowest BCUT2D eigenvalue weighted by Gasteiger charge is -2.10. The summed E-state index contributed by atoms with van der Waals surface area (Å²) in [6.07, 6.45) is 2.47. The van der Waals surface area contributed by atoms with Gasteiger partial charge in [0.25, 0.3) is 5.91 Å². The maximum Gasteiger partial charge on any atom is 0.255 e. The summed E-state index contributed by atoms with van der Waals surface area (Å²) in [4.78, 5) is 20.1. The molecule has 130 valence electrons. The third kappa shape index (κ3) is 3.93. The molecule has 3 aromatic rings. The lowest BCUT2D eigenvalue weighted by molar-refractivity contribution is 0.102. The molecule has 0 bridgehead atoms. The molecule has 0 fully saturated rings. The van der Waals surface area contributed by atoms with Gasteiger partial charge in [-0.05, 0) is 36.4 Å². The quantitative estimate of drug-likeness (QED) is 0.319. The number of nitrogens with one attached hydrogen (secondary N) is 2. The largest absolute Gasteiger partial charge is 0.411 e. The minimum atomic E-state index is -0.184. The summed E-state index contributed by atoms with van der Waals surface area (Å²) in [5, 5.41) is 17.6. The first kappa shape index (κ1) is 16.9. The number of anilines is 4. The number of oxime groups is 1. The second-order valence-corrected chi connectivity index (χ2v) is 5.29. The van der Waals surface area contributed by atoms with Crippen LogP contribution in [0.4, 0.5) is 23.0 Å². The summed E-state index contributed by atoms with van der Waals surface area (Å²) >= 11 is 0. The number of aromatic nitrogens is 2. The predicted molar refractivity (Wildman–Crippen MR) is 99.9 cm³/mol. The Bertz CT molecular complexity index is 926. The minimum Gasteiger partial charge on any atom is -0.411 e. The number of carbonyl (C=O) groups is 1. The third-order valence-electron chi connectivity index (χ3n) is 3.54. The molecule has 1 amide bonds. The fourth-order valence-corrected chi connectivity index (χ4v) is 2.26. The molecule has 0 spiro atoms. The fourth-order valence-electron chi connectivity index (χ4n) is 2.26. The summed E-state index contributed by atoms with van der Waals surface area (Å²) < 4.78 is 0.